The molecular formula is C13H27NO2. The molecule has 0 heterocycles. The first-order valence-corrected chi connectivity index (χ1v) is 6.77. The van der Waals surface area contributed by atoms with E-state index in [1.54, 1.807) is 0 Å². The summed E-state index contributed by atoms with van der Waals surface area (Å²) in [4.78, 5) is 0. The average Bonchev–Trinajstić information content (AvgIpc) is 2.34. The van der Waals surface area contributed by atoms with E-state index in [4.69, 9.17) is 4.74 Å². The van der Waals surface area contributed by atoms with Crippen LogP contribution in [0.5, 0.6) is 0 Å². The molecule has 0 radical (unpaired) electrons. The van der Waals surface area contributed by atoms with Crippen molar-refractivity contribution in [1.82, 2.24) is 5.32 Å². The van der Waals surface area contributed by atoms with Crippen molar-refractivity contribution in [2.75, 3.05) is 19.8 Å². The third-order valence-corrected chi connectivity index (χ3v) is 3.56. The first-order chi connectivity index (χ1) is 7.77. The van der Waals surface area contributed by atoms with E-state index in [2.05, 4.69) is 12.2 Å². The molecule has 1 aliphatic carbocycles. The molecule has 3 atom stereocenters. The highest BCUT2D eigenvalue weighted by molar-refractivity contribution is 4.80. The van der Waals surface area contributed by atoms with E-state index in [1.807, 2.05) is 6.92 Å². The van der Waals surface area contributed by atoms with Crippen LogP contribution in [0, 0.1) is 5.92 Å². The minimum atomic E-state index is -0.362. The second-order valence-electron chi connectivity index (χ2n) is 4.78. The maximum atomic E-state index is 9.68. The van der Waals surface area contributed by atoms with Gasteiger partial charge in [-0.15, -0.1) is 0 Å². The van der Waals surface area contributed by atoms with Gasteiger partial charge < -0.3 is 15.2 Å². The summed E-state index contributed by atoms with van der Waals surface area (Å²) >= 11 is 0. The van der Waals surface area contributed by atoms with Crippen LogP contribution >= 0.6 is 0 Å². The Labute approximate surface area is 99.6 Å². The summed E-state index contributed by atoms with van der Waals surface area (Å²) in [5, 5.41) is 13.2. The van der Waals surface area contributed by atoms with Crippen molar-refractivity contribution in [2.24, 2.45) is 5.92 Å². The highest BCUT2D eigenvalue weighted by Crippen LogP contribution is 2.26. The van der Waals surface area contributed by atoms with E-state index in [-0.39, 0.29) is 6.10 Å². The van der Waals surface area contributed by atoms with E-state index >= 15 is 0 Å². The first kappa shape index (κ1) is 13.9. The van der Waals surface area contributed by atoms with Gasteiger partial charge >= 0.3 is 0 Å². The third kappa shape index (κ3) is 4.81. The molecule has 0 aromatic rings. The molecular weight excluding hydrogens is 202 g/mol. The van der Waals surface area contributed by atoms with Gasteiger partial charge in [0.1, 0.15) is 0 Å². The number of hydrogen-bond acceptors (Lipinski definition) is 3. The molecule has 0 bridgehead atoms. The lowest BCUT2D eigenvalue weighted by molar-refractivity contribution is 0.0390. The van der Waals surface area contributed by atoms with Crippen molar-refractivity contribution in [2.45, 2.75) is 58.1 Å². The smallest absolute Gasteiger partial charge is 0.0897 e. The minimum absolute atomic E-state index is 0.362. The van der Waals surface area contributed by atoms with Crippen molar-refractivity contribution in [3.63, 3.8) is 0 Å². The van der Waals surface area contributed by atoms with Crippen LogP contribution in [-0.2, 0) is 4.74 Å². The van der Waals surface area contributed by atoms with E-state index in [1.165, 1.54) is 32.1 Å². The summed E-state index contributed by atoms with van der Waals surface area (Å²) in [6, 6.07) is 0.607. The highest BCUT2D eigenvalue weighted by atomic mass is 16.5. The summed E-state index contributed by atoms with van der Waals surface area (Å²) in [7, 11) is 0. The van der Waals surface area contributed by atoms with Gasteiger partial charge in [-0.3, -0.25) is 0 Å². The zero-order valence-corrected chi connectivity index (χ0v) is 10.7. The van der Waals surface area contributed by atoms with Gasteiger partial charge in [0, 0.05) is 19.2 Å². The number of nitrogens with one attached hydrogen (secondary N) is 1. The van der Waals surface area contributed by atoms with E-state index in [0.29, 0.717) is 25.8 Å². The van der Waals surface area contributed by atoms with Crippen LogP contribution in [0.4, 0.5) is 0 Å². The van der Waals surface area contributed by atoms with Crippen LogP contribution in [0.3, 0.4) is 0 Å². The second-order valence-corrected chi connectivity index (χ2v) is 4.78. The van der Waals surface area contributed by atoms with Crippen LogP contribution < -0.4 is 5.32 Å². The normalized spacial score (nSPS) is 27.9. The zero-order valence-electron chi connectivity index (χ0n) is 10.7. The Hall–Kier alpha value is -0.120. The number of aliphatic hydroxyl groups excluding tert-OH is 1. The molecule has 3 unspecified atom stereocenters. The zero-order chi connectivity index (χ0) is 11.8. The fourth-order valence-electron chi connectivity index (χ4n) is 2.57. The highest BCUT2D eigenvalue weighted by Gasteiger charge is 2.23. The van der Waals surface area contributed by atoms with Crippen molar-refractivity contribution < 1.29 is 9.84 Å². The summed E-state index contributed by atoms with van der Waals surface area (Å²) in [6.07, 6.45) is 6.20. The van der Waals surface area contributed by atoms with Crippen LogP contribution in [0.25, 0.3) is 0 Å². The van der Waals surface area contributed by atoms with Crippen LogP contribution in [0.15, 0.2) is 0 Å². The second kappa shape index (κ2) is 8.04. The summed E-state index contributed by atoms with van der Waals surface area (Å²) in [5.41, 5.74) is 0. The van der Waals surface area contributed by atoms with Gasteiger partial charge in [0.15, 0.2) is 0 Å². The lowest BCUT2D eigenvalue weighted by atomic mass is 9.83. The van der Waals surface area contributed by atoms with Crippen molar-refractivity contribution in [3.8, 4) is 0 Å². The number of ether oxygens (including phenoxy) is 1. The van der Waals surface area contributed by atoms with Crippen LogP contribution in [-0.4, -0.2) is 37.0 Å². The summed E-state index contributed by atoms with van der Waals surface area (Å²) < 4.78 is 5.20. The van der Waals surface area contributed by atoms with Crippen LogP contribution in [0.1, 0.15) is 46.0 Å². The summed E-state index contributed by atoms with van der Waals surface area (Å²) in [5.74, 6) is 0.799. The van der Waals surface area contributed by atoms with Gasteiger partial charge in [-0.25, -0.2) is 0 Å². The van der Waals surface area contributed by atoms with Gasteiger partial charge in [-0.05, 0) is 25.7 Å². The third-order valence-electron chi connectivity index (χ3n) is 3.56. The minimum Gasteiger partial charge on any atom is -0.389 e. The molecule has 1 rings (SSSR count). The quantitative estimate of drug-likeness (QED) is 0.701. The van der Waals surface area contributed by atoms with E-state index in [0.717, 1.165) is 5.92 Å². The van der Waals surface area contributed by atoms with Gasteiger partial charge in [-0.2, -0.15) is 0 Å². The molecule has 96 valence electrons. The number of rotatable bonds is 7. The van der Waals surface area contributed by atoms with Gasteiger partial charge in [-0.1, -0.05) is 26.2 Å². The predicted octanol–water partition coefficient (Wildman–Crippen LogP) is 1.94. The Morgan fingerprint density at radius 2 is 2.06 bits per heavy atom. The SMILES string of the molecule is CCOCC(O)CNC1CCCCC1CC. The fourth-order valence-corrected chi connectivity index (χ4v) is 2.57. The molecule has 0 saturated heterocycles. The van der Waals surface area contributed by atoms with Crippen molar-refractivity contribution >= 4 is 0 Å². The lowest BCUT2D eigenvalue weighted by Crippen LogP contribution is -2.43. The first-order valence-electron chi connectivity index (χ1n) is 6.77. The van der Waals surface area contributed by atoms with E-state index in [9.17, 15) is 5.11 Å². The molecule has 1 aliphatic rings. The number of hydrogen-bond donors (Lipinski definition) is 2. The Balaban J connectivity index is 2.18. The molecule has 1 fully saturated rings. The molecule has 0 aliphatic heterocycles. The number of aliphatic hydroxyl groups is 1. The molecule has 0 aromatic heterocycles. The maximum absolute atomic E-state index is 9.68. The lowest BCUT2D eigenvalue weighted by Gasteiger charge is -2.32. The fraction of sp³-hybridized carbons (Fsp3) is 1.00. The molecule has 0 amide bonds. The van der Waals surface area contributed by atoms with Gasteiger partial charge in [0.05, 0.1) is 12.7 Å². The Bertz CT molecular complexity index is 175. The molecule has 0 spiro atoms. The molecule has 1 saturated carbocycles. The van der Waals surface area contributed by atoms with Crippen LogP contribution in [0.2, 0.25) is 0 Å². The Kier molecular flexibility index (Phi) is 7.01. The average molecular weight is 229 g/mol. The van der Waals surface area contributed by atoms with E-state index < -0.39 is 0 Å². The topological polar surface area (TPSA) is 41.5 Å². The Morgan fingerprint density at radius 3 is 2.75 bits per heavy atom. The standard InChI is InChI=1S/C13H27NO2/c1-3-11-7-5-6-8-13(11)14-9-12(15)10-16-4-2/h11-15H,3-10H2,1-2H3. The monoisotopic (exact) mass is 229 g/mol. The van der Waals surface area contributed by atoms with Crippen molar-refractivity contribution in [3.05, 3.63) is 0 Å². The largest absolute Gasteiger partial charge is 0.389 e. The van der Waals surface area contributed by atoms with Crippen molar-refractivity contribution in [1.29, 1.82) is 0 Å². The maximum Gasteiger partial charge on any atom is 0.0897 e. The molecule has 3 nitrogen and oxygen atoms in total. The molecule has 3 heteroatoms. The van der Waals surface area contributed by atoms with Gasteiger partial charge in [0.25, 0.3) is 0 Å². The van der Waals surface area contributed by atoms with Gasteiger partial charge in [0.2, 0.25) is 0 Å². The molecule has 0 aromatic carbocycles. The molecule has 16 heavy (non-hydrogen) atoms. The summed E-state index contributed by atoms with van der Waals surface area (Å²) in [6.45, 7) is 6.02. The Morgan fingerprint density at radius 1 is 1.31 bits per heavy atom. The predicted molar refractivity (Wildman–Crippen MR) is 66.5 cm³/mol. The molecule has 2 N–H and O–H groups in total.